The predicted molar refractivity (Wildman–Crippen MR) is 112 cm³/mol. The van der Waals surface area contributed by atoms with Crippen LogP contribution < -0.4 is 5.48 Å². The fraction of sp³-hybridized carbons (Fsp3) is 0.304. The second-order valence-electron chi connectivity index (χ2n) is 7.47. The second kappa shape index (κ2) is 9.03. The Balaban J connectivity index is 1.44. The Labute approximate surface area is 170 Å². The number of hydroxylamine groups is 1. The van der Waals surface area contributed by atoms with Crippen molar-refractivity contribution < 1.29 is 10.0 Å². The molecule has 1 amide bonds. The van der Waals surface area contributed by atoms with Crippen LogP contribution in [0.3, 0.4) is 0 Å². The highest BCUT2D eigenvalue weighted by atomic mass is 16.5. The molecule has 29 heavy (non-hydrogen) atoms. The minimum atomic E-state index is -0.528. The maximum Gasteiger partial charge on any atom is 0.267 e. The zero-order valence-corrected chi connectivity index (χ0v) is 16.4. The second-order valence-corrected chi connectivity index (χ2v) is 7.47. The molecule has 0 spiro atoms. The maximum absolute atomic E-state index is 11.1. The number of carbonyl (C=O) groups excluding carboxylic acids is 1. The first kappa shape index (κ1) is 19.4. The van der Waals surface area contributed by atoms with Gasteiger partial charge in [-0.3, -0.25) is 14.9 Å². The molecule has 1 aliphatic heterocycles. The number of benzene rings is 1. The van der Waals surface area contributed by atoms with Gasteiger partial charge in [0.15, 0.2) is 0 Å². The van der Waals surface area contributed by atoms with Gasteiger partial charge in [0.1, 0.15) is 0 Å². The number of carbonyl (C=O) groups is 1. The normalized spacial score (nSPS) is 17.8. The summed E-state index contributed by atoms with van der Waals surface area (Å²) in [7, 11) is 0. The molecule has 1 unspecified atom stereocenters. The molecule has 0 radical (unpaired) electrons. The number of pyridine rings is 1. The van der Waals surface area contributed by atoms with Crippen molar-refractivity contribution in [1.82, 2.24) is 20.0 Å². The molecule has 150 valence electrons. The van der Waals surface area contributed by atoms with Crippen LogP contribution in [-0.4, -0.2) is 38.7 Å². The standard InChI is InChI=1S/C23H26N4O2/c28-23(25-29)12-9-18-7-10-19(11-8-18)21-5-1-3-14-26(21)16-13-20-17-24-27-15-4-2-6-22(20)27/h2,4,6-12,15,17,21,29H,1,3,5,13-14,16H2,(H,25,28). The Kier molecular flexibility index (Phi) is 6.03. The molecule has 2 aromatic heterocycles. The van der Waals surface area contributed by atoms with Gasteiger partial charge in [-0.15, -0.1) is 0 Å². The van der Waals surface area contributed by atoms with Crippen LogP contribution in [0.5, 0.6) is 0 Å². The third-order valence-corrected chi connectivity index (χ3v) is 5.65. The summed E-state index contributed by atoms with van der Waals surface area (Å²) in [5.41, 5.74) is 6.33. The van der Waals surface area contributed by atoms with E-state index < -0.39 is 5.91 Å². The lowest BCUT2D eigenvalue weighted by molar-refractivity contribution is -0.124. The van der Waals surface area contributed by atoms with Crippen LogP contribution in [0.1, 0.15) is 42.0 Å². The molecule has 2 N–H and O–H groups in total. The average Bonchev–Trinajstić information content (AvgIpc) is 3.20. The molecule has 6 heteroatoms. The van der Waals surface area contributed by atoms with Crippen molar-refractivity contribution in [3.05, 3.63) is 77.6 Å². The van der Waals surface area contributed by atoms with Crippen molar-refractivity contribution in [2.45, 2.75) is 31.7 Å². The number of aromatic nitrogens is 2. The summed E-state index contributed by atoms with van der Waals surface area (Å²) < 4.78 is 1.94. The van der Waals surface area contributed by atoms with Gasteiger partial charge >= 0.3 is 0 Å². The lowest BCUT2D eigenvalue weighted by atomic mass is 9.94. The molecule has 1 fully saturated rings. The first-order chi connectivity index (χ1) is 14.2. The lowest BCUT2D eigenvalue weighted by Crippen LogP contribution is -2.35. The highest BCUT2D eigenvalue weighted by molar-refractivity contribution is 5.90. The van der Waals surface area contributed by atoms with Crippen LogP contribution in [0.15, 0.2) is 60.9 Å². The minimum absolute atomic E-state index is 0.421. The number of hydrogen-bond donors (Lipinski definition) is 2. The van der Waals surface area contributed by atoms with Crippen LogP contribution in [-0.2, 0) is 11.2 Å². The van der Waals surface area contributed by atoms with Crippen molar-refractivity contribution in [3.63, 3.8) is 0 Å². The monoisotopic (exact) mass is 390 g/mol. The van der Waals surface area contributed by atoms with Gasteiger partial charge in [-0.1, -0.05) is 36.8 Å². The molecule has 1 saturated heterocycles. The fourth-order valence-corrected chi connectivity index (χ4v) is 4.12. The van der Waals surface area contributed by atoms with Crippen molar-refractivity contribution >= 4 is 17.5 Å². The third kappa shape index (κ3) is 4.55. The van der Waals surface area contributed by atoms with E-state index in [-0.39, 0.29) is 0 Å². The first-order valence-corrected chi connectivity index (χ1v) is 10.1. The molecular weight excluding hydrogens is 364 g/mol. The molecule has 3 heterocycles. The summed E-state index contributed by atoms with van der Waals surface area (Å²) in [5, 5.41) is 13.0. The summed E-state index contributed by atoms with van der Waals surface area (Å²) in [5.74, 6) is -0.528. The van der Waals surface area contributed by atoms with Crippen molar-refractivity contribution in [1.29, 1.82) is 0 Å². The van der Waals surface area contributed by atoms with Gasteiger partial charge in [0.05, 0.1) is 11.7 Å². The van der Waals surface area contributed by atoms with E-state index >= 15 is 0 Å². The van der Waals surface area contributed by atoms with Gasteiger partial charge in [0.25, 0.3) is 5.91 Å². The fourth-order valence-electron chi connectivity index (χ4n) is 4.12. The van der Waals surface area contributed by atoms with E-state index in [1.165, 1.54) is 35.6 Å². The van der Waals surface area contributed by atoms with Gasteiger partial charge in [-0.05, 0) is 60.7 Å². The number of fused-ring (bicyclic) bond motifs is 1. The van der Waals surface area contributed by atoms with E-state index in [1.807, 2.05) is 35.1 Å². The maximum atomic E-state index is 11.1. The van der Waals surface area contributed by atoms with Crippen LogP contribution in [0, 0.1) is 0 Å². The molecule has 4 rings (SSSR count). The van der Waals surface area contributed by atoms with E-state index in [1.54, 1.807) is 11.6 Å². The van der Waals surface area contributed by atoms with E-state index in [9.17, 15) is 4.79 Å². The van der Waals surface area contributed by atoms with Gasteiger partial charge in [0, 0.05) is 24.9 Å². The SMILES string of the molecule is O=C(C=Cc1ccc(C2CCCCN2CCc2cnn3ccccc23)cc1)NO. The molecule has 6 nitrogen and oxygen atoms in total. The Hall–Kier alpha value is -2.96. The smallest absolute Gasteiger partial charge is 0.267 e. The Morgan fingerprint density at radius 1 is 1.21 bits per heavy atom. The number of piperidine rings is 1. The van der Waals surface area contributed by atoms with Gasteiger partial charge in [-0.25, -0.2) is 10.00 Å². The highest BCUT2D eigenvalue weighted by Gasteiger charge is 2.23. The predicted octanol–water partition coefficient (Wildman–Crippen LogP) is 3.62. The first-order valence-electron chi connectivity index (χ1n) is 10.1. The number of hydrogen-bond acceptors (Lipinski definition) is 4. The molecule has 1 aliphatic rings. The van der Waals surface area contributed by atoms with E-state index in [0.29, 0.717) is 6.04 Å². The number of likely N-dealkylation sites (tertiary alicyclic amines) is 1. The summed E-state index contributed by atoms with van der Waals surface area (Å²) in [6.45, 7) is 2.13. The molecule has 0 aliphatic carbocycles. The molecule has 3 aromatic rings. The molecular formula is C23H26N4O2. The Bertz CT molecular complexity index is 994. The zero-order chi connectivity index (χ0) is 20.1. The summed E-state index contributed by atoms with van der Waals surface area (Å²) >= 11 is 0. The average molecular weight is 390 g/mol. The number of rotatable bonds is 6. The number of nitrogens with zero attached hydrogens (tertiary/aromatic N) is 3. The lowest BCUT2D eigenvalue weighted by Gasteiger charge is -2.36. The minimum Gasteiger partial charge on any atom is -0.296 e. The summed E-state index contributed by atoms with van der Waals surface area (Å²) in [6.07, 6.45) is 11.6. The van der Waals surface area contributed by atoms with Crippen molar-refractivity contribution in [2.75, 3.05) is 13.1 Å². The number of nitrogens with one attached hydrogen (secondary N) is 1. The van der Waals surface area contributed by atoms with Crippen LogP contribution in [0.4, 0.5) is 0 Å². The van der Waals surface area contributed by atoms with E-state index in [4.69, 9.17) is 5.21 Å². The van der Waals surface area contributed by atoms with Crippen molar-refractivity contribution in [2.24, 2.45) is 0 Å². The zero-order valence-electron chi connectivity index (χ0n) is 16.4. The third-order valence-electron chi connectivity index (χ3n) is 5.65. The molecule has 1 atom stereocenters. The molecule has 0 saturated carbocycles. The van der Waals surface area contributed by atoms with Crippen molar-refractivity contribution in [3.8, 4) is 0 Å². The Morgan fingerprint density at radius 2 is 2.07 bits per heavy atom. The van der Waals surface area contributed by atoms with Crippen LogP contribution in [0.2, 0.25) is 0 Å². The molecule has 1 aromatic carbocycles. The summed E-state index contributed by atoms with van der Waals surface area (Å²) in [6, 6.07) is 14.9. The topological polar surface area (TPSA) is 69.9 Å². The van der Waals surface area contributed by atoms with Crippen LogP contribution in [0.25, 0.3) is 11.6 Å². The van der Waals surface area contributed by atoms with Crippen LogP contribution >= 0.6 is 0 Å². The summed E-state index contributed by atoms with van der Waals surface area (Å²) in [4.78, 5) is 13.7. The largest absolute Gasteiger partial charge is 0.296 e. The van der Waals surface area contributed by atoms with E-state index in [2.05, 4.69) is 34.3 Å². The van der Waals surface area contributed by atoms with Gasteiger partial charge < -0.3 is 0 Å². The van der Waals surface area contributed by atoms with Gasteiger partial charge in [0.2, 0.25) is 0 Å². The van der Waals surface area contributed by atoms with E-state index in [0.717, 1.165) is 31.5 Å². The number of amides is 1. The van der Waals surface area contributed by atoms with Gasteiger partial charge in [-0.2, -0.15) is 5.10 Å². The Morgan fingerprint density at radius 3 is 2.90 bits per heavy atom. The highest BCUT2D eigenvalue weighted by Crippen LogP contribution is 2.31. The molecule has 0 bridgehead atoms. The quantitative estimate of drug-likeness (QED) is 0.383.